The van der Waals surface area contributed by atoms with Crippen molar-refractivity contribution in [1.29, 1.82) is 0 Å². The third kappa shape index (κ3) is 3.49. The third-order valence-electron chi connectivity index (χ3n) is 2.68. The van der Waals surface area contributed by atoms with E-state index in [9.17, 15) is 9.18 Å². The average molecular weight is 358 g/mol. The first-order valence-electron chi connectivity index (χ1n) is 5.75. The highest BCUT2D eigenvalue weighted by molar-refractivity contribution is 9.10. The Kier molecular flexibility index (Phi) is 4.62. The maximum absolute atomic E-state index is 13.1. The molecule has 0 radical (unpaired) electrons. The quantitative estimate of drug-likeness (QED) is 0.816. The molecule has 6 heteroatoms. The highest BCUT2D eigenvalue weighted by Gasteiger charge is 2.12. The molecule has 0 aliphatic carbocycles. The van der Waals surface area contributed by atoms with E-state index in [1.807, 2.05) is 0 Å². The van der Waals surface area contributed by atoms with Gasteiger partial charge in [-0.2, -0.15) is 0 Å². The fraction of sp³-hybridized carbons (Fsp3) is 0.0714. The lowest BCUT2D eigenvalue weighted by molar-refractivity contribution is -0.115. The zero-order valence-corrected chi connectivity index (χ0v) is 12.6. The summed E-state index contributed by atoms with van der Waals surface area (Å²) < 4.78 is 13.5. The second-order valence-corrected chi connectivity index (χ2v) is 5.43. The number of amides is 1. The molecule has 3 nitrogen and oxygen atoms in total. The molecule has 0 fully saturated rings. The number of rotatable bonds is 3. The number of para-hydroxylation sites is 1. The number of carbonyl (C=O) groups is 1. The van der Waals surface area contributed by atoms with Gasteiger partial charge in [0.2, 0.25) is 5.91 Å². The Morgan fingerprint density at radius 1 is 1.35 bits per heavy atom. The Morgan fingerprint density at radius 3 is 2.70 bits per heavy atom. The molecule has 2 aromatic rings. The minimum absolute atomic E-state index is 0.118. The molecule has 3 N–H and O–H groups in total. The van der Waals surface area contributed by atoms with Crippen LogP contribution in [0.1, 0.15) is 5.56 Å². The van der Waals surface area contributed by atoms with Gasteiger partial charge in [0, 0.05) is 10.2 Å². The predicted molar refractivity (Wildman–Crippen MR) is 82.3 cm³/mol. The summed E-state index contributed by atoms with van der Waals surface area (Å²) in [6.07, 6.45) is 0.118. The molecule has 0 bridgehead atoms. The number of hydrogen-bond donors (Lipinski definition) is 2. The highest BCUT2D eigenvalue weighted by Crippen LogP contribution is 2.31. The van der Waals surface area contributed by atoms with Gasteiger partial charge in [0.15, 0.2) is 0 Å². The lowest BCUT2D eigenvalue weighted by Gasteiger charge is -2.10. The van der Waals surface area contributed by atoms with Crippen LogP contribution in [0.4, 0.5) is 15.8 Å². The van der Waals surface area contributed by atoms with Gasteiger partial charge in [-0.05, 0) is 39.7 Å². The average Bonchev–Trinajstić information content (AvgIpc) is 2.36. The van der Waals surface area contributed by atoms with Gasteiger partial charge in [-0.15, -0.1) is 0 Å². The van der Waals surface area contributed by atoms with Crippen LogP contribution in [-0.2, 0) is 11.2 Å². The van der Waals surface area contributed by atoms with Crippen LogP contribution in [0.2, 0.25) is 5.02 Å². The summed E-state index contributed by atoms with van der Waals surface area (Å²) in [6, 6.07) is 9.47. The summed E-state index contributed by atoms with van der Waals surface area (Å²) in [5.74, 6) is -0.760. The molecule has 0 atom stereocenters. The van der Waals surface area contributed by atoms with Gasteiger partial charge in [0.05, 0.1) is 17.1 Å². The van der Waals surface area contributed by atoms with Crippen molar-refractivity contribution in [2.75, 3.05) is 11.1 Å². The zero-order valence-electron chi connectivity index (χ0n) is 10.3. The summed E-state index contributed by atoms with van der Waals surface area (Å²) in [7, 11) is 0. The molecule has 0 aliphatic rings. The Hall–Kier alpha value is -1.59. The largest absolute Gasteiger partial charge is 0.398 e. The summed E-state index contributed by atoms with van der Waals surface area (Å²) >= 11 is 9.07. The fourth-order valence-electron chi connectivity index (χ4n) is 1.71. The van der Waals surface area contributed by atoms with Crippen LogP contribution in [0.5, 0.6) is 0 Å². The van der Waals surface area contributed by atoms with E-state index >= 15 is 0 Å². The van der Waals surface area contributed by atoms with Gasteiger partial charge in [-0.1, -0.05) is 29.8 Å². The van der Waals surface area contributed by atoms with Crippen molar-refractivity contribution in [2.45, 2.75) is 6.42 Å². The SMILES string of the molecule is Nc1ccccc1CC(=O)Nc1c(Cl)cc(F)cc1Br. The molecule has 0 spiro atoms. The van der Waals surface area contributed by atoms with Gasteiger partial charge in [0.1, 0.15) is 5.82 Å². The molecular formula is C14H11BrClFN2O. The highest BCUT2D eigenvalue weighted by atomic mass is 79.9. The molecule has 1 amide bonds. The maximum atomic E-state index is 13.1. The molecule has 0 saturated heterocycles. The zero-order chi connectivity index (χ0) is 14.7. The third-order valence-corrected chi connectivity index (χ3v) is 3.60. The Morgan fingerprint density at radius 2 is 2.05 bits per heavy atom. The van der Waals surface area contributed by atoms with Crippen molar-refractivity contribution in [3.63, 3.8) is 0 Å². The molecule has 104 valence electrons. The predicted octanol–water partition coefficient (Wildman–Crippen LogP) is 4.01. The summed E-state index contributed by atoms with van der Waals surface area (Å²) in [4.78, 5) is 12.0. The topological polar surface area (TPSA) is 55.1 Å². The molecule has 2 aromatic carbocycles. The molecule has 20 heavy (non-hydrogen) atoms. The van der Waals surface area contributed by atoms with Gasteiger partial charge < -0.3 is 11.1 Å². The van der Waals surface area contributed by atoms with E-state index < -0.39 is 5.82 Å². The molecule has 2 rings (SSSR count). The Bertz CT molecular complexity index is 640. The monoisotopic (exact) mass is 356 g/mol. The van der Waals surface area contributed by atoms with Gasteiger partial charge in [0.25, 0.3) is 0 Å². The second kappa shape index (κ2) is 6.24. The Balaban J connectivity index is 2.15. The lowest BCUT2D eigenvalue weighted by Crippen LogP contribution is -2.16. The van der Waals surface area contributed by atoms with Gasteiger partial charge in [-0.3, -0.25) is 4.79 Å². The first-order valence-corrected chi connectivity index (χ1v) is 6.92. The van der Waals surface area contributed by atoms with Crippen molar-refractivity contribution < 1.29 is 9.18 Å². The van der Waals surface area contributed by atoms with Crippen molar-refractivity contribution in [3.8, 4) is 0 Å². The van der Waals surface area contributed by atoms with E-state index in [0.29, 0.717) is 15.8 Å². The van der Waals surface area contributed by atoms with E-state index in [0.717, 1.165) is 11.6 Å². The first-order chi connectivity index (χ1) is 9.47. The van der Waals surface area contributed by atoms with Crippen LogP contribution in [0, 0.1) is 5.82 Å². The fourth-order valence-corrected chi connectivity index (χ4v) is 2.61. The lowest BCUT2D eigenvalue weighted by atomic mass is 10.1. The number of nitrogen functional groups attached to an aromatic ring is 1. The second-order valence-electron chi connectivity index (χ2n) is 4.17. The van der Waals surface area contributed by atoms with Crippen LogP contribution in [0.3, 0.4) is 0 Å². The number of nitrogens with one attached hydrogen (secondary N) is 1. The van der Waals surface area contributed by atoms with E-state index in [-0.39, 0.29) is 17.4 Å². The number of carbonyl (C=O) groups excluding carboxylic acids is 1. The number of halogens is 3. The van der Waals surface area contributed by atoms with E-state index in [1.54, 1.807) is 24.3 Å². The van der Waals surface area contributed by atoms with Crippen molar-refractivity contribution in [2.24, 2.45) is 0 Å². The van der Waals surface area contributed by atoms with Crippen molar-refractivity contribution in [1.82, 2.24) is 0 Å². The van der Waals surface area contributed by atoms with Crippen LogP contribution in [-0.4, -0.2) is 5.91 Å². The van der Waals surface area contributed by atoms with Crippen LogP contribution in [0.15, 0.2) is 40.9 Å². The molecule has 0 aromatic heterocycles. The van der Waals surface area contributed by atoms with Crippen LogP contribution >= 0.6 is 27.5 Å². The number of benzene rings is 2. The van der Waals surface area contributed by atoms with Crippen LogP contribution < -0.4 is 11.1 Å². The summed E-state index contributed by atoms with van der Waals surface area (Å²) in [6.45, 7) is 0. The normalized spacial score (nSPS) is 10.3. The molecule has 0 heterocycles. The minimum Gasteiger partial charge on any atom is -0.398 e. The number of anilines is 2. The Labute approximate surface area is 129 Å². The smallest absolute Gasteiger partial charge is 0.228 e. The van der Waals surface area contributed by atoms with Crippen molar-refractivity contribution in [3.05, 3.63) is 57.3 Å². The number of nitrogens with two attached hydrogens (primary N) is 1. The summed E-state index contributed by atoms with van der Waals surface area (Å²) in [5.41, 5.74) is 7.39. The van der Waals surface area contributed by atoms with Gasteiger partial charge in [-0.25, -0.2) is 4.39 Å². The first kappa shape index (κ1) is 14.8. The maximum Gasteiger partial charge on any atom is 0.228 e. The van der Waals surface area contributed by atoms with E-state index in [4.69, 9.17) is 17.3 Å². The van der Waals surface area contributed by atoms with Crippen LogP contribution in [0.25, 0.3) is 0 Å². The van der Waals surface area contributed by atoms with Gasteiger partial charge >= 0.3 is 0 Å². The number of hydrogen-bond acceptors (Lipinski definition) is 2. The summed E-state index contributed by atoms with van der Waals surface area (Å²) in [5, 5.41) is 2.77. The van der Waals surface area contributed by atoms with E-state index in [2.05, 4.69) is 21.2 Å². The van der Waals surface area contributed by atoms with E-state index in [1.165, 1.54) is 6.07 Å². The van der Waals surface area contributed by atoms with Crippen molar-refractivity contribution >= 4 is 44.8 Å². The molecule has 0 unspecified atom stereocenters. The standard InChI is InChI=1S/C14H11BrClFN2O/c15-10-6-9(17)7-11(16)14(10)19-13(20)5-8-3-1-2-4-12(8)18/h1-4,6-7H,5,18H2,(H,19,20). The molecule has 0 aliphatic heterocycles. The molecule has 0 saturated carbocycles. The minimum atomic E-state index is -0.479. The molecular weight excluding hydrogens is 347 g/mol.